The predicted octanol–water partition coefficient (Wildman–Crippen LogP) is 4.47. The number of hydrogen-bond acceptors (Lipinski definition) is 4. The Labute approximate surface area is 160 Å². The third kappa shape index (κ3) is 15.2. The number of carbonyl (C=O) groups is 2. The summed E-state index contributed by atoms with van der Waals surface area (Å²) in [7, 11) is 1.38. The molecule has 0 rings (SSSR count). The van der Waals surface area contributed by atoms with Crippen LogP contribution in [-0.2, 0) is 14.3 Å². The highest BCUT2D eigenvalue weighted by Gasteiger charge is 2.20. The highest BCUT2D eigenvalue weighted by Crippen LogP contribution is 2.11. The van der Waals surface area contributed by atoms with Crippen LogP contribution in [0.25, 0.3) is 0 Å². The van der Waals surface area contributed by atoms with E-state index in [0.29, 0.717) is 12.8 Å². The molecule has 0 saturated heterocycles. The molecule has 5 heteroatoms. The van der Waals surface area contributed by atoms with E-state index in [9.17, 15) is 9.59 Å². The van der Waals surface area contributed by atoms with Crippen molar-refractivity contribution in [2.75, 3.05) is 13.7 Å². The summed E-state index contributed by atoms with van der Waals surface area (Å²) in [6, 6.07) is -0.491. The Kier molecular flexibility index (Phi) is 17.9. The molecule has 0 aromatic carbocycles. The molecule has 0 saturated carbocycles. The number of nitrogens with one attached hydrogen (secondary N) is 1. The number of hydrogen-bond donors (Lipinski definition) is 2. The minimum absolute atomic E-state index is 0.0329. The monoisotopic (exact) mass is 370 g/mol. The molecule has 0 aliphatic rings. The molecule has 0 aromatic heterocycles. The number of rotatable bonds is 18. The number of ether oxygens (including phenoxy) is 1. The zero-order valence-corrected chi connectivity index (χ0v) is 17.2. The average Bonchev–Trinajstić information content (AvgIpc) is 2.65. The molecule has 0 radical (unpaired) electrons. The second-order valence-corrected chi connectivity index (χ2v) is 7.21. The Hall–Kier alpha value is -1.10. The standard InChI is InChI=1S/C21H42N2O3/c1-3-4-5-6-10-13-16-19(21(25)26-2)23-20(24)17-14-11-8-7-9-12-15-18-22/h19H,3-18,22H2,1-2H3,(H,23,24). The van der Waals surface area contributed by atoms with Crippen LogP contribution >= 0.6 is 0 Å². The van der Waals surface area contributed by atoms with Gasteiger partial charge in [-0.15, -0.1) is 0 Å². The number of esters is 1. The molecule has 1 unspecified atom stereocenters. The lowest BCUT2D eigenvalue weighted by Crippen LogP contribution is -2.41. The van der Waals surface area contributed by atoms with Crippen molar-refractivity contribution < 1.29 is 14.3 Å². The first-order chi connectivity index (χ1) is 12.7. The molecular formula is C21H42N2O3. The molecule has 0 fully saturated rings. The third-order valence-electron chi connectivity index (χ3n) is 4.78. The Morgan fingerprint density at radius 1 is 0.846 bits per heavy atom. The minimum atomic E-state index is -0.491. The molecule has 0 aliphatic heterocycles. The largest absolute Gasteiger partial charge is 0.467 e. The molecule has 3 N–H and O–H groups in total. The van der Waals surface area contributed by atoms with E-state index in [2.05, 4.69) is 12.2 Å². The van der Waals surface area contributed by atoms with Gasteiger partial charge in [-0.3, -0.25) is 4.79 Å². The normalized spacial score (nSPS) is 12.0. The molecule has 154 valence electrons. The fourth-order valence-electron chi connectivity index (χ4n) is 3.10. The molecule has 1 amide bonds. The van der Waals surface area contributed by atoms with E-state index in [-0.39, 0.29) is 11.9 Å². The predicted molar refractivity (Wildman–Crippen MR) is 108 cm³/mol. The van der Waals surface area contributed by atoms with Gasteiger partial charge in [0.15, 0.2) is 0 Å². The van der Waals surface area contributed by atoms with Gasteiger partial charge in [0.05, 0.1) is 7.11 Å². The Morgan fingerprint density at radius 2 is 1.38 bits per heavy atom. The Bertz CT molecular complexity index is 348. The van der Waals surface area contributed by atoms with E-state index < -0.39 is 6.04 Å². The van der Waals surface area contributed by atoms with Crippen molar-refractivity contribution in [3.63, 3.8) is 0 Å². The number of amides is 1. The lowest BCUT2D eigenvalue weighted by Gasteiger charge is -2.16. The van der Waals surface area contributed by atoms with Crippen LogP contribution in [-0.4, -0.2) is 31.6 Å². The van der Waals surface area contributed by atoms with Crippen molar-refractivity contribution in [1.29, 1.82) is 0 Å². The fraction of sp³-hybridized carbons (Fsp3) is 0.905. The summed E-state index contributed by atoms with van der Waals surface area (Å²) in [5, 5.41) is 2.86. The molecule has 0 spiro atoms. The first-order valence-corrected chi connectivity index (χ1v) is 10.7. The van der Waals surface area contributed by atoms with Crippen molar-refractivity contribution in [1.82, 2.24) is 5.32 Å². The number of carbonyl (C=O) groups excluding carboxylic acids is 2. The average molecular weight is 371 g/mol. The van der Waals surface area contributed by atoms with Gasteiger partial charge in [0, 0.05) is 6.42 Å². The molecule has 0 heterocycles. The van der Waals surface area contributed by atoms with Crippen LogP contribution in [0.1, 0.15) is 103 Å². The van der Waals surface area contributed by atoms with E-state index in [1.165, 1.54) is 52.1 Å². The summed E-state index contributed by atoms with van der Waals surface area (Å²) >= 11 is 0. The Balaban J connectivity index is 3.84. The SMILES string of the molecule is CCCCCCCCC(NC(=O)CCCCCCCCCN)C(=O)OC. The van der Waals surface area contributed by atoms with Gasteiger partial charge in [-0.2, -0.15) is 0 Å². The summed E-state index contributed by atoms with van der Waals surface area (Å²) in [5.74, 6) is -0.360. The summed E-state index contributed by atoms with van der Waals surface area (Å²) in [4.78, 5) is 24.0. The first-order valence-electron chi connectivity index (χ1n) is 10.7. The van der Waals surface area contributed by atoms with Crippen molar-refractivity contribution in [3.05, 3.63) is 0 Å². The zero-order chi connectivity index (χ0) is 19.5. The number of nitrogens with two attached hydrogens (primary N) is 1. The second kappa shape index (κ2) is 18.7. The zero-order valence-electron chi connectivity index (χ0n) is 17.2. The first kappa shape index (κ1) is 24.9. The third-order valence-corrected chi connectivity index (χ3v) is 4.78. The van der Waals surface area contributed by atoms with Crippen LogP contribution in [0.4, 0.5) is 0 Å². The van der Waals surface area contributed by atoms with Gasteiger partial charge in [0.25, 0.3) is 0 Å². The van der Waals surface area contributed by atoms with Gasteiger partial charge in [0.2, 0.25) is 5.91 Å². The summed E-state index contributed by atoms with van der Waals surface area (Å²) in [6.45, 7) is 2.98. The van der Waals surface area contributed by atoms with Crippen LogP contribution in [0.5, 0.6) is 0 Å². The van der Waals surface area contributed by atoms with Crippen molar-refractivity contribution in [3.8, 4) is 0 Å². The maximum atomic E-state index is 12.1. The topological polar surface area (TPSA) is 81.4 Å². The van der Waals surface area contributed by atoms with Crippen LogP contribution in [0, 0.1) is 0 Å². The van der Waals surface area contributed by atoms with Crippen LogP contribution in [0.2, 0.25) is 0 Å². The number of unbranched alkanes of at least 4 members (excludes halogenated alkanes) is 11. The molecule has 0 aromatic rings. The van der Waals surface area contributed by atoms with Gasteiger partial charge < -0.3 is 15.8 Å². The summed E-state index contributed by atoms with van der Waals surface area (Å²) in [6.07, 6.45) is 16.0. The molecule has 0 bridgehead atoms. The Morgan fingerprint density at radius 3 is 1.96 bits per heavy atom. The molecule has 1 atom stereocenters. The van der Waals surface area contributed by atoms with Gasteiger partial charge >= 0.3 is 5.97 Å². The van der Waals surface area contributed by atoms with Gasteiger partial charge in [-0.05, 0) is 25.8 Å². The van der Waals surface area contributed by atoms with E-state index in [1.54, 1.807) is 0 Å². The summed E-state index contributed by atoms with van der Waals surface area (Å²) in [5.41, 5.74) is 5.48. The summed E-state index contributed by atoms with van der Waals surface area (Å²) < 4.78 is 4.84. The van der Waals surface area contributed by atoms with Crippen LogP contribution < -0.4 is 11.1 Å². The maximum absolute atomic E-state index is 12.1. The number of methoxy groups -OCH3 is 1. The smallest absolute Gasteiger partial charge is 0.328 e. The van der Waals surface area contributed by atoms with E-state index in [0.717, 1.165) is 45.1 Å². The lowest BCUT2D eigenvalue weighted by atomic mass is 10.0. The van der Waals surface area contributed by atoms with Crippen LogP contribution in [0.15, 0.2) is 0 Å². The molecular weight excluding hydrogens is 328 g/mol. The second-order valence-electron chi connectivity index (χ2n) is 7.21. The highest BCUT2D eigenvalue weighted by molar-refractivity contribution is 5.84. The molecule has 26 heavy (non-hydrogen) atoms. The highest BCUT2D eigenvalue weighted by atomic mass is 16.5. The molecule has 5 nitrogen and oxygen atoms in total. The molecule has 0 aliphatic carbocycles. The van der Waals surface area contributed by atoms with Gasteiger partial charge in [0.1, 0.15) is 6.04 Å². The van der Waals surface area contributed by atoms with Crippen molar-refractivity contribution in [2.45, 2.75) is 109 Å². The van der Waals surface area contributed by atoms with E-state index >= 15 is 0 Å². The van der Waals surface area contributed by atoms with E-state index in [4.69, 9.17) is 10.5 Å². The fourth-order valence-corrected chi connectivity index (χ4v) is 3.10. The minimum Gasteiger partial charge on any atom is -0.467 e. The maximum Gasteiger partial charge on any atom is 0.328 e. The van der Waals surface area contributed by atoms with Gasteiger partial charge in [-0.1, -0.05) is 77.6 Å². The van der Waals surface area contributed by atoms with Gasteiger partial charge in [-0.25, -0.2) is 4.79 Å². The quantitative estimate of drug-likeness (QED) is 0.275. The van der Waals surface area contributed by atoms with Crippen molar-refractivity contribution in [2.24, 2.45) is 5.73 Å². The van der Waals surface area contributed by atoms with Crippen LogP contribution in [0.3, 0.4) is 0 Å². The van der Waals surface area contributed by atoms with Crippen molar-refractivity contribution >= 4 is 11.9 Å². The van der Waals surface area contributed by atoms with E-state index in [1.807, 2.05) is 0 Å². The lowest BCUT2D eigenvalue weighted by molar-refractivity contribution is -0.145.